The predicted molar refractivity (Wildman–Crippen MR) is 104 cm³/mol. The predicted octanol–water partition coefficient (Wildman–Crippen LogP) is 4.92. The molecule has 0 aliphatic heterocycles. The first kappa shape index (κ1) is 24.1. The van der Waals surface area contributed by atoms with Gasteiger partial charge in [-0.25, -0.2) is 0 Å². The van der Waals surface area contributed by atoms with Crippen molar-refractivity contribution in [3.63, 3.8) is 0 Å². The van der Waals surface area contributed by atoms with E-state index in [9.17, 15) is 4.79 Å². The van der Waals surface area contributed by atoms with Gasteiger partial charge in [0, 0.05) is 6.42 Å². The van der Waals surface area contributed by atoms with E-state index in [1.54, 1.807) is 0 Å². The SMILES string of the molecule is CCCCCCCCCCC/C=C/CCCCC(=O)OCC(O)CO. The summed E-state index contributed by atoms with van der Waals surface area (Å²) >= 11 is 0. The molecule has 0 aromatic carbocycles. The zero-order valence-corrected chi connectivity index (χ0v) is 16.3. The van der Waals surface area contributed by atoms with Crippen LogP contribution >= 0.6 is 0 Å². The van der Waals surface area contributed by atoms with E-state index < -0.39 is 6.10 Å². The molecule has 1 unspecified atom stereocenters. The van der Waals surface area contributed by atoms with Gasteiger partial charge in [-0.3, -0.25) is 4.79 Å². The number of carbonyl (C=O) groups excluding carboxylic acids is 1. The van der Waals surface area contributed by atoms with Gasteiger partial charge in [0.1, 0.15) is 12.7 Å². The van der Waals surface area contributed by atoms with Crippen LogP contribution in [0.25, 0.3) is 0 Å². The van der Waals surface area contributed by atoms with Crippen LogP contribution in [0.15, 0.2) is 12.2 Å². The van der Waals surface area contributed by atoms with Crippen LogP contribution < -0.4 is 0 Å². The molecule has 2 N–H and O–H groups in total. The second-order valence-electron chi connectivity index (χ2n) is 6.85. The second-order valence-corrected chi connectivity index (χ2v) is 6.85. The number of esters is 1. The minimum atomic E-state index is -0.965. The third-order valence-corrected chi connectivity index (χ3v) is 4.29. The van der Waals surface area contributed by atoms with Gasteiger partial charge in [-0.1, -0.05) is 70.4 Å². The van der Waals surface area contributed by atoms with Crippen LogP contribution in [0.1, 0.15) is 96.8 Å². The zero-order valence-electron chi connectivity index (χ0n) is 16.3. The van der Waals surface area contributed by atoms with Crippen molar-refractivity contribution in [2.75, 3.05) is 13.2 Å². The van der Waals surface area contributed by atoms with Crippen molar-refractivity contribution in [3.05, 3.63) is 12.2 Å². The van der Waals surface area contributed by atoms with Crippen LogP contribution in [-0.2, 0) is 9.53 Å². The summed E-state index contributed by atoms with van der Waals surface area (Å²) < 4.78 is 4.85. The van der Waals surface area contributed by atoms with Crippen LogP contribution in [0.2, 0.25) is 0 Å². The summed E-state index contributed by atoms with van der Waals surface area (Å²) in [5.41, 5.74) is 0. The maximum atomic E-state index is 11.4. The Morgan fingerprint density at radius 3 is 1.96 bits per heavy atom. The first-order valence-electron chi connectivity index (χ1n) is 10.3. The van der Waals surface area contributed by atoms with Crippen LogP contribution in [0, 0.1) is 0 Å². The summed E-state index contributed by atoms with van der Waals surface area (Å²) in [4.78, 5) is 11.4. The van der Waals surface area contributed by atoms with Crippen molar-refractivity contribution in [3.8, 4) is 0 Å². The maximum absolute atomic E-state index is 11.4. The third-order valence-electron chi connectivity index (χ3n) is 4.29. The summed E-state index contributed by atoms with van der Waals surface area (Å²) in [5, 5.41) is 17.7. The van der Waals surface area contributed by atoms with Gasteiger partial charge in [-0.2, -0.15) is 0 Å². The molecule has 0 saturated heterocycles. The Labute approximate surface area is 154 Å². The van der Waals surface area contributed by atoms with Crippen LogP contribution in [0.4, 0.5) is 0 Å². The minimum absolute atomic E-state index is 0.117. The fourth-order valence-corrected chi connectivity index (χ4v) is 2.65. The largest absolute Gasteiger partial charge is 0.463 e. The Kier molecular flexibility index (Phi) is 18.8. The second kappa shape index (κ2) is 19.5. The summed E-state index contributed by atoms with van der Waals surface area (Å²) in [6, 6.07) is 0. The summed E-state index contributed by atoms with van der Waals surface area (Å²) in [6.07, 6.45) is 20.1. The van der Waals surface area contributed by atoms with Crippen molar-refractivity contribution in [1.29, 1.82) is 0 Å². The Hall–Kier alpha value is -0.870. The van der Waals surface area contributed by atoms with Crippen molar-refractivity contribution in [1.82, 2.24) is 0 Å². The maximum Gasteiger partial charge on any atom is 0.305 e. The van der Waals surface area contributed by atoms with E-state index in [-0.39, 0.29) is 19.2 Å². The Balaban J connectivity index is 3.24. The molecule has 0 aromatic rings. The molecular weight excluding hydrogens is 316 g/mol. The molecule has 0 radical (unpaired) electrons. The van der Waals surface area contributed by atoms with Gasteiger partial charge in [0.25, 0.3) is 0 Å². The van der Waals surface area contributed by atoms with Crippen molar-refractivity contribution < 1.29 is 19.7 Å². The fraction of sp³-hybridized carbons (Fsp3) is 0.857. The molecule has 0 heterocycles. The summed E-state index contributed by atoms with van der Waals surface area (Å²) in [7, 11) is 0. The highest BCUT2D eigenvalue weighted by molar-refractivity contribution is 5.69. The molecule has 0 spiro atoms. The smallest absolute Gasteiger partial charge is 0.305 e. The van der Waals surface area contributed by atoms with Crippen LogP contribution in [0.3, 0.4) is 0 Å². The van der Waals surface area contributed by atoms with Crippen LogP contribution in [-0.4, -0.2) is 35.5 Å². The third kappa shape index (κ3) is 19.3. The molecule has 25 heavy (non-hydrogen) atoms. The molecule has 0 fully saturated rings. The molecule has 1 atom stereocenters. The molecule has 0 saturated carbocycles. The monoisotopic (exact) mass is 356 g/mol. The number of rotatable bonds is 18. The van der Waals surface area contributed by atoms with E-state index in [1.165, 1.54) is 57.8 Å². The van der Waals surface area contributed by atoms with Gasteiger partial charge in [0.15, 0.2) is 0 Å². The van der Waals surface area contributed by atoms with Gasteiger partial charge >= 0.3 is 5.97 Å². The van der Waals surface area contributed by atoms with E-state index >= 15 is 0 Å². The number of carbonyl (C=O) groups is 1. The lowest BCUT2D eigenvalue weighted by Crippen LogP contribution is -2.21. The number of aliphatic hydroxyl groups is 2. The summed E-state index contributed by atoms with van der Waals surface area (Å²) in [5.74, 6) is -0.300. The lowest BCUT2D eigenvalue weighted by Gasteiger charge is -2.07. The molecule has 0 aliphatic rings. The molecule has 148 valence electrons. The number of ether oxygens (including phenoxy) is 1. The molecule has 4 heteroatoms. The number of unbranched alkanes of at least 4 members (excludes halogenated alkanes) is 11. The topological polar surface area (TPSA) is 66.8 Å². The van der Waals surface area contributed by atoms with Gasteiger partial charge in [0.2, 0.25) is 0 Å². The highest BCUT2D eigenvalue weighted by Crippen LogP contribution is 2.11. The van der Waals surface area contributed by atoms with E-state index in [4.69, 9.17) is 14.9 Å². The average molecular weight is 357 g/mol. The van der Waals surface area contributed by atoms with E-state index in [0.717, 1.165) is 25.7 Å². The molecule has 0 aromatic heterocycles. The van der Waals surface area contributed by atoms with E-state index in [2.05, 4.69) is 19.1 Å². The number of hydrogen-bond acceptors (Lipinski definition) is 4. The minimum Gasteiger partial charge on any atom is -0.463 e. The lowest BCUT2D eigenvalue weighted by molar-refractivity contribution is -0.147. The molecule has 0 amide bonds. The molecule has 4 nitrogen and oxygen atoms in total. The molecule has 0 rings (SSSR count). The normalized spacial score (nSPS) is 12.6. The molecular formula is C21H40O4. The first-order chi connectivity index (χ1) is 12.2. The Bertz CT molecular complexity index is 315. The van der Waals surface area contributed by atoms with Crippen LogP contribution in [0.5, 0.6) is 0 Å². The number of aliphatic hydroxyl groups excluding tert-OH is 2. The zero-order chi connectivity index (χ0) is 18.6. The van der Waals surface area contributed by atoms with Gasteiger partial charge < -0.3 is 14.9 Å². The molecule has 0 bridgehead atoms. The number of allylic oxidation sites excluding steroid dienone is 2. The lowest BCUT2D eigenvalue weighted by atomic mass is 10.1. The van der Waals surface area contributed by atoms with Gasteiger partial charge in [-0.05, 0) is 32.1 Å². The van der Waals surface area contributed by atoms with Crippen molar-refractivity contribution in [2.24, 2.45) is 0 Å². The van der Waals surface area contributed by atoms with Gasteiger partial charge in [-0.15, -0.1) is 0 Å². The average Bonchev–Trinajstić information content (AvgIpc) is 2.62. The van der Waals surface area contributed by atoms with Crippen molar-refractivity contribution in [2.45, 2.75) is 103 Å². The fourth-order valence-electron chi connectivity index (χ4n) is 2.65. The van der Waals surface area contributed by atoms with E-state index in [0.29, 0.717) is 6.42 Å². The number of hydrogen-bond donors (Lipinski definition) is 2. The highest BCUT2D eigenvalue weighted by atomic mass is 16.5. The van der Waals surface area contributed by atoms with Crippen molar-refractivity contribution >= 4 is 5.97 Å². The standard InChI is InChI=1S/C21H40O4/c1-2-3-4-5-6-7-8-9-10-11-12-13-14-15-16-17-21(24)25-19-20(23)18-22/h12-13,20,22-23H,2-11,14-19H2,1H3/b13-12+. The quantitative estimate of drug-likeness (QED) is 0.208. The first-order valence-corrected chi connectivity index (χ1v) is 10.3. The molecule has 0 aliphatic carbocycles. The van der Waals surface area contributed by atoms with E-state index in [1.807, 2.05) is 0 Å². The Morgan fingerprint density at radius 1 is 0.880 bits per heavy atom. The van der Waals surface area contributed by atoms with Gasteiger partial charge in [0.05, 0.1) is 6.61 Å². The Morgan fingerprint density at radius 2 is 1.40 bits per heavy atom. The highest BCUT2D eigenvalue weighted by Gasteiger charge is 2.06. The summed E-state index contributed by atoms with van der Waals surface area (Å²) in [6.45, 7) is 1.76.